The van der Waals surface area contributed by atoms with E-state index in [2.05, 4.69) is 10.6 Å². The van der Waals surface area contributed by atoms with E-state index in [9.17, 15) is 27.6 Å². The lowest BCUT2D eigenvalue weighted by molar-refractivity contribution is -0.192. The summed E-state index contributed by atoms with van der Waals surface area (Å²) in [4.78, 5) is 45.5. The number of hydrogen-bond acceptors (Lipinski definition) is 7. The van der Waals surface area contributed by atoms with Gasteiger partial charge in [-0.3, -0.25) is 9.59 Å². The molecular weight excluding hydrogens is 497 g/mol. The summed E-state index contributed by atoms with van der Waals surface area (Å²) in [6, 6.07) is 11.4. The van der Waals surface area contributed by atoms with Crippen LogP contribution in [0.5, 0.6) is 5.75 Å². The first-order valence-corrected chi connectivity index (χ1v) is 11.3. The fourth-order valence-corrected chi connectivity index (χ4v) is 3.27. The van der Waals surface area contributed by atoms with E-state index < -0.39 is 24.2 Å². The van der Waals surface area contributed by atoms with E-state index in [0.717, 1.165) is 19.5 Å². The SMILES string of the molecule is CCOC(=O)COc1ccc(C(=O)[C@H](C)NC(=O)c2ccc3c(c2)CCNC3)cc1.O=C(O)C(F)(F)F. The molecule has 3 rings (SSSR count). The summed E-state index contributed by atoms with van der Waals surface area (Å²) in [5.41, 5.74) is 3.37. The third-order valence-corrected chi connectivity index (χ3v) is 5.14. The summed E-state index contributed by atoms with van der Waals surface area (Å²) in [5, 5.41) is 13.2. The number of carboxylic acid groups (broad SMARTS) is 1. The Bertz CT molecular complexity index is 1120. The van der Waals surface area contributed by atoms with Crippen molar-refractivity contribution in [2.45, 2.75) is 39.0 Å². The highest BCUT2D eigenvalue weighted by Gasteiger charge is 2.38. The van der Waals surface area contributed by atoms with Crippen molar-refractivity contribution in [1.29, 1.82) is 0 Å². The number of rotatable bonds is 8. The van der Waals surface area contributed by atoms with Crippen LogP contribution in [-0.4, -0.2) is 60.7 Å². The molecule has 12 heteroatoms. The summed E-state index contributed by atoms with van der Waals surface area (Å²) in [7, 11) is 0. The first-order chi connectivity index (χ1) is 17.4. The minimum Gasteiger partial charge on any atom is -0.482 e. The van der Waals surface area contributed by atoms with Crippen molar-refractivity contribution in [3.63, 3.8) is 0 Å². The van der Waals surface area contributed by atoms with Crippen LogP contribution in [0.3, 0.4) is 0 Å². The average molecular weight is 524 g/mol. The van der Waals surface area contributed by atoms with E-state index in [0.29, 0.717) is 23.5 Å². The summed E-state index contributed by atoms with van der Waals surface area (Å²) < 4.78 is 41.9. The summed E-state index contributed by atoms with van der Waals surface area (Å²) in [6.07, 6.45) is -4.20. The van der Waals surface area contributed by atoms with Crippen molar-refractivity contribution < 1.29 is 46.9 Å². The van der Waals surface area contributed by atoms with Gasteiger partial charge in [0.05, 0.1) is 12.6 Å². The topological polar surface area (TPSA) is 131 Å². The highest BCUT2D eigenvalue weighted by molar-refractivity contribution is 6.04. The van der Waals surface area contributed by atoms with E-state index in [1.807, 2.05) is 12.1 Å². The molecule has 2 aromatic carbocycles. The molecular formula is C25H27F3N2O7. The number of aliphatic carboxylic acids is 1. The molecule has 0 aliphatic carbocycles. The lowest BCUT2D eigenvalue weighted by atomic mass is 9.98. The van der Waals surface area contributed by atoms with E-state index >= 15 is 0 Å². The van der Waals surface area contributed by atoms with Crippen LogP contribution < -0.4 is 15.4 Å². The number of alkyl halides is 3. The Hall–Kier alpha value is -3.93. The molecule has 2 aromatic rings. The minimum atomic E-state index is -5.08. The van der Waals surface area contributed by atoms with Crippen LogP contribution in [0, 0.1) is 0 Å². The van der Waals surface area contributed by atoms with Crippen LogP contribution in [0.25, 0.3) is 0 Å². The zero-order valence-corrected chi connectivity index (χ0v) is 20.2. The molecule has 1 heterocycles. The van der Waals surface area contributed by atoms with Crippen LogP contribution in [0.4, 0.5) is 13.2 Å². The molecule has 1 aliphatic heterocycles. The monoisotopic (exact) mass is 524 g/mol. The number of halogens is 3. The molecule has 37 heavy (non-hydrogen) atoms. The van der Waals surface area contributed by atoms with Crippen molar-refractivity contribution in [2.75, 3.05) is 19.8 Å². The summed E-state index contributed by atoms with van der Waals surface area (Å²) in [6.45, 7) is 5.19. The average Bonchev–Trinajstić information content (AvgIpc) is 2.87. The molecule has 0 radical (unpaired) electrons. The maximum absolute atomic E-state index is 12.7. The first-order valence-electron chi connectivity index (χ1n) is 11.3. The number of ketones is 1. The van der Waals surface area contributed by atoms with Gasteiger partial charge in [0, 0.05) is 17.7 Å². The van der Waals surface area contributed by atoms with Gasteiger partial charge in [-0.2, -0.15) is 13.2 Å². The number of carbonyl (C=O) groups is 4. The molecule has 3 N–H and O–H groups in total. The standard InChI is InChI=1S/C23H26N2O5.C2HF3O2/c1-3-29-21(26)14-30-20-8-6-16(7-9-20)22(27)15(2)25-23(28)18-4-5-19-13-24-11-10-17(19)12-18;3-2(4,5)1(6)7/h4-9,12,15,24H,3,10-11,13-14H2,1-2H3,(H,25,28);(H,6,7)/t15-;/m0./s1. The van der Waals surface area contributed by atoms with Crippen LogP contribution in [0.1, 0.15) is 45.7 Å². The van der Waals surface area contributed by atoms with Gasteiger partial charge in [-0.15, -0.1) is 0 Å². The zero-order valence-electron chi connectivity index (χ0n) is 20.2. The molecule has 0 bridgehead atoms. The zero-order chi connectivity index (χ0) is 27.6. The fourth-order valence-electron chi connectivity index (χ4n) is 3.27. The number of fused-ring (bicyclic) bond motifs is 1. The predicted octanol–water partition coefficient (Wildman–Crippen LogP) is 2.91. The smallest absolute Gasteiger partial charge is 0.482 e. The second kappa shape index (κ2) is 13.4. The molecule has 0 fully saturated rings. The second-order valence-electron chi connectivity index (χ2n) is 7.89. The number of Topliss-reactive ketones (excluding diaryl/α,β-unsaturated/α-hetero) is 1. The van der Waals surface area contributed by atoms with Gasteiger partial charge >= 0.3 is 18.1 Å². The van der Waals surface area contributed by atoms with Crippen molar-refractivity contribution in [1.82, 2.24) is 10.6 Å². The Morgan fingerprint density at radius 3 is 2.27 bits per heavy atom. The van der Waals surface area contributed by atoms with E-state index in [-0.39, 0.29) is 18.3 Å². The Kier molecular flexibility index (Phi) is 10.6. The number of carboxylic acids is 1. The maximum atomic E-state index is 12.7. The molecule has 0 unspecified atom stereocenters. The van der Waals surface area contributed by atoms with Gasteiger partial charge in [-0.1, -0.05) is 6.07 Å². The van der Waals surface area contributed by atoms with Gasteiger partial charge in [0.25, 0.3) is 5.91 Å². The molecule has 1 atom stereocenters. The van der Waals surface area contributed by atoms with E-state index in [1.165, 1.54) is 11.1 Å². The largest absolute Gasteiger partial charge is 0.490 e. The predicted molar refractivity (Wildman–Crippen MR) is 125 cm³/mol. The molecule has 200 valence electrons. The molecule has 0 saturated heterocycles. The van der Waals surface area contributed by atoms with Crippen molar-refractivity contribution in [3.8, 4) is 5.75 Å². The molecule has 1 aliphatic rings. The number of nitrogens with one attached hydrogen (secondary N) is 2. The van der Waals surface area contributed by atoms with Gasteiger partial charge in [0.2, 0.25) is 0 Å². The summed E-state index contributed by atoms with van der Waals surface area (Å²) in [5.74, 6) is -3.23. The quantitative estimate of drug-likeness (QED) is 0.355. The van der Waals surface area contributed by atoms with Crippen molar-refractivity contribution in [2.24, 2.45) is 0 Å². The van der Waals surface area contributed by atoms with Crippen LogP contribution in [-0.2, 0) is 27.3 Å². The Balaban J connectivity index is 0.000000604. The molecule has 0 spiro atoms. The van der Waals surface area contributed by atoms with Gasteiger partial charge in [0.15, 0.2) is 12.4 Å². The number of esters is 1. The highest BCUT2D eigenvalue weighted by atomic mass is 19.4. The Labute approximate surface area is 210 Å². The van der Waals surface area contributed by atoms with Gasteiger partial charge < -0.3 is 25.2 Å². The molecule has 1 amide bonds. The van der Waals surface area contributed by atoms with Gasteiger partial charge in [-0.05, 0) is 74.3 Å². The van der Waals surface area contributed by atoms with E-state index in [1.54, 1.807) is 44.2 Å². The van der Waals surface area contributed by atoms with Crippen LogP contribution in [0.2, 0.25) is 0 Å². The van der Waals surface area contributed by atoms with Crippen LogP contribution >= 0.6 is 0 Å². The van der Waals surface area contributed by atoms with Gasteiger partial charge in [0.1, 0.15) is 5.75 Å². The molecule has 0 aromatic heterocycles. The maximum Gasteiger partial charge on any atom is 0.490 e. The van der Waals surface area contributed by atoms with Crippen molar-refractivity contribution in [3.05, 3.63) is 64.7 Å². The van der Waals surface area contributed by atoms with Gasteiger partial charge in [-0.25, -0.2) is 9.59 Å². The lowest BCUT2D eigenvalue weighted by Crippen LogP contribution is -2.38. The van der Waals surface area contributed by atoms with Crippen LogP contribution in [0.15, 0.2) is 42.5 Å². The lowest BCUT2D eigenvalue weighted by Gasteiger charge is -2.18. The Morgan fingerprint density at radius 1 is 1.05 bits per heavy atom. The second-order valence-corrected chi connectivity index (χ2v) is 7.89. The highest BCUT2D eigenvalue weighted by Crippen LogP contribution is 2.17. The van der Waals surface area contributed by atoms with Crippen molar-refractivity contribution >= 4 is 23.6 Å². The number of hydrogen-bond donors (Lipinski definition) is 3. The third kappa shape index (κ3) is 9.22. The molecule has 0 saturated carbocycles. The number of amides is 1. The van der Waals surface area contributed by atoms with E-state index in [4.69, 9.17) is 19.4 Å². The minimum absolute atomic E-state index is 0.190. The Morgan fingerprint density at radius 2 is 1.68 bits per heavy atom. The number of benzene rings is 2. The number of ether oxygens (including phenoxy) is 2. The third-order valence-electron chi connectivity index (χ3n) is 5.14. The first kappa shape index (κ1) is 29.3. The fraction of sp³-hybridized carbons (Fsp3) is 0.360. The molecule has 9 nitrogen and oxygen atoms in total. The number of carbonyl (C=O) groups excluding carboxylic acids is 3. The normalized spacial score (nSPS) is 13.2. The summed E-state index contributed by atoms with van der Waals surface area (Å²) >= 11 is 0.